The predicted octanol–water partition coefficient (Wildman–Crippen LogP) is 1.96. The molecule has 1 aromatic rings. The van der Waals surface area contributed by atoms with Gasteiger partial charge in [0.15, 0.2) is 0 Å². The molecule has 0 aliphatic heterocycles. The van der Waals surface area contributed by atoms with Crippen LogP contribution in [0.15, 0.2) is 6.07 Å². The van der Waals surface area contributed by atoms with Gasteiger partial charge in [-0.2, -0.15) is 5.26 Å². The van der Waals surface area contributed by atoms with E-state index in [4.69, 9.17) is 5.26 Å². The van der Waals surface area contributed by atoms with E-state index in [1.165, 1.54) is 0 Å². The van der Waals surface area contributed by atoms with Crippen molar-refractivity contribution in [2.24, 2.45) is 0 Å². The molecule has 1 heterocycles. The van der Waals surface area contributed by atoms with Crippen LogP contribution in [0, 0.1) is 18.3 Å². The van der Waals surface area contributed by atoms with E-state index in [2.05, 4.69) is 40.1 Å². The molecule has 0 aromatic carbocycles. The summed E-state index contributed by atoms with van der Waals surface area (Å²) < 4.78 is 0. The van der Waals surface area contributed by atoms with Gasteiger partial charge in [0.25, 0.3) is 0 Å². The summed E-state index contributed by atoms with van der Waals surface area (Å²) in [5.41, 5.74) is 0. The van der Waals surface area contributed by atoms with E-state index in [0.29, 0.717) is 13.0 Å². The van der Waals surface area contributed by atoms with Crippen molar-refractivity contribution in [3.05, 3.63) is 11.9 Å². The zero-order chi connectivity index (χ0) is 12.7. The van der Waals surface area contributed by atoms with Crippen molar-refractivity contribution < 1.29 is 0 Å². The molecule has 0 amide bonds. The second-order valence-corrected chi connectivity index (χ2v) is 3.67. The van der Waals surface area contributed by atoms with Crippen molar-refractivity contribution in [2.75, 3.05) is 29.9 Å². The lowest BCUT2D eigenvalue weighted by Crippen LogP contribution is -2.23. The third kappa shape index (κ3) is 3.91. The molecule has 5 heteroatoms. The Balaban J connectivity index is 2.82. The number of anilines is 2. The van der Waals surface area contributed by atoms with Crippen molar-refractivity contribution in [1.82, 2.24) is 9.97 Å². The van der Waals surface area contributed by atoms with Gasteiger partial charge < -0.3 is 10.2 Å². The average molecular weight is 233 g/mol. The summed E-state index contributed by atoms with van der Waals surface area (Å²) >= 11 is 0. The highest BCUT2D eigenvalue weighted by Gasteiger charge is 2.06. The minimum atomic E-state index is 0.476. The molecular formula is C12H19N5. The minimum Gasteiger partial charge on any atom is -0.369 e. The highest BCUT2D eigenvalue weighted by Crippen LogP contribution is 2.15. The number of rotatable bonds is 6. The van der Waals surface area contributed by atoms with Crippen LogP contribution < -0.4 is 10.2 Å². The van der Waals surface area contributed by atoms with Gasteiger partial charge in [0.05, 0.1) is 12.5 Å². The number of hydrogen-bond donors (Lipinski definition) is 1. The van der Waals surface area contributed by atoms with Gasteiger partial charge in [-0.15, -0.1) is 0 Å². The Morgan fingerprint density at radius 3 is 2.65 bits per heavy atom. The van der Waals surface area contributed by atoms with Crippen LogP contribution >= 0.6 is 0 Å². The predicted molar refractivity (Wildman–Crippen MR) is 69.0 cm³/mol. The molecule has 1 rings (SSSR count). The Morgan fingerprint density at radius 2 is 2.06 bits per heavy atom. The lowest BCUT2D eigenvalue weighted by Gasteiger charge is -2.20. The van der Waals surface area contributed by atoms with Crippen molar-refractivity contribution in [3.63, 3.8) is 0 Å². The molecule has 0 aliphatic carbocycles. The first-order valence-corrected chi connectivity index (χ1v) is 5.92. The fraction of sp³-hybridized carbons (Fsp3) is 0.583. The summed E-state index contributed by atoms with van der Waals surface area (Å²) in [6.45, 7) is 8.54. The molecule has 0 bridgehead atoms. The fourth-order valence-corrected chi connectivity index (χ4v) is 1.60. The molecule has 0 aliphatic rings. The van der Waals surface area contributed by atoms with Crippen molar-refractivity contribution in [3.8, 4) is 6.07 Å². The fourth-order valence-electron chi connectivity index (χ4n) is 1.60. The number of nitrogens with one attached hydrogen (secondary N) is 1. The lowest BCUT2D eigenvalue weighted by molar-refractivity contribution is 0.834. The number of nitrogens with zero attached hydrogens (tertiary/aromatic N) is 4. The second kappa shape index (κ2) is 6.69. The summed E-state index contributed by atoms with van der Waals surface area (Å²) in [4.78, 5) is 10.9. The summed E-state index contributed by atoms with van der Waals surface area (Å²) in [5.74, 6) is 2.46. The molecule has 0 unspecified atom stereocenters. The molecule has 0 spiro atoms. The Morgan fingerprint density at radius 1 is 1.35 bits per heavy atom. The molecule has 17 heavy (non-hydrogen) atoms. The standard InChI is InChI=1S/C12H19N5/c1-4-17(5-2)12-9-11(14-8-6-7-13)15-10(3)16-12/h9H,4-6,8H2,1-3H3,(H,14,15,16). The third-order valence-electron chi connectivity index (χ3n) is 2.45. The Hall–Kier alpha value is -1.83. The summed E-state index contributed by atoms with van der Waals surface area (Å²) in [6, 6.07) is 4.02. The normalized spacial score (nSPS) is 9.76. The largest absolute Gasteiger partial charge is 0.369 e. The van der Waals surface area contributed by atoms with Gasteiger partial charge in [-0.1, -0.05) is 0 Å². The van der Waals surface area contributed by atoms with E-state index in [1.54, 1.807) is 0 Å². The zero-order valence-electron chi connectivity index (χ0n) is 10.7. The zero-order valence-corrected chi connectivity index (χ0v) is 10.7. The maximum atomic E-state index is 8.49. The lowest BCUT2D eigenvalue weighted by atomic mass is 10.4. The highest BCUT2D eigenvalue weighted by atomic mass is 15.2. The second-order valence-electron chi connectivity index (χ2n) is 3.67. The van der Waals surface area contributed by atoms with Gasteiger partial charge in [-0.05, 0) is 20.8 Å². The molecule has 0 saturated heterocycles. The van der Waals surface area contributed by atoms with E-state index in [9.17, 15) is 0 Å². The van der Waals surface area contributed by atoms with Gasteiger partial charge in [0.1, 0.15) is 17.5 Å². The van der Waals surface area contributed by atoms with Crippen molar-refractivity contribution >= 4 is 11.6 Å². The topological polar surface area (TPSA) is 64.8 Å². The van der Waals surface area contributed by atoms with E-state index < -0.39 is 0 Å². The van der Waals surface area contributed by atoms with Crippen molar-refractivity contribution in [1.29, 1.82) is 5.26 Å². The summed E-state index contributed by atoms with van der Waals surface area (Å²) in [6.07, 6.45) is 0.476. The smallest absolute Gasteiger partial charge is 0.134 e. The van der Waals surface area contributed by atoms with Crippen LogP contribution in [0.4, 0.5) is 11.6 Å². The van der Waals surface area contributed by atoms with E-state index >= 15 is 0 Å². The van der Waals surface area contributed by atoms with Crippen LogP contribution in [0.3, 0.4) is 0 Å². The number of hydrogen-bond acceptors (Lipinski definition) is 5. The van der Waals surface area contributed by atoms with E-state index in [0.717, 1.165) is 30.5 Å². The number of aryl methyl sites for hydroxylation is 1. The molecule has 0 atom stereocenters. The van der Waals surface area contributed by atoms with Crippen LogP contribution in [0.25, 0.3) is 0 Å². The van der Waals surface area contributed by atoms with Gasteiger partial charge in [-0.25, -0.2) is 9.97 Å². The Labute approximate surface area is 102 Å². The van der Waals surface area contributed by atoms with Crippen LogP contribution in [-0.4, -0.2) is 29.6 Å². The highest BCUT2D eigenvalue weighted by molar-refractivity contribution is 5.49. The van der Waals surface area contributed by atoms with Gasteiger partial charge in [0, 0.05) is 25.7 Å². The number of nitriles is 1. The van der Waals surface area contributed by atoms with Crippen LogP contribution in [0.2, 0.25) is 0 Å². The summed E-state index contributed by atoms with van der Waals surface area (Å²) in [5, 5.41) is 11.6. The molecule has 0 saturated carbocycles. The van der Waals surface area contributed by atoms with Crippen LogP contribution in [0.1, 0.15) is 26.1 Å². The molecular weight excluding hydrogens is 214 g/mol. The average Bonchev–Trinajstić information content (AvgIpc) is 2.30. The molecule has 5 nitrogen and oxygen atoms in total. The van der Waals surface area contributed by atoms with Crippen molar-refractivity contribution in [2.45, 2.75) is 27.2 Å². The van der Waals surface area contributed by atoms with Gasteiger partial charge >= 0.3 is 0 Å². The molecule has 1 N–H and O–H groups in total. The molecule has 92 valence electrons. The molecule has 1 aromatic heterocycles. The Bertz CT molecular complexity index is 392. The van der Waals surface area contributed by atoms with Crippen LogP contribution in [-0.2, 0) is 0 Å². The van der Waals surface area contributed by atoms with E-state index in [-0.39, 0.29) is 0 Å². The maximum Gasteiger partial charge on any atom is 0.134 e. The third-order valence-corrected chi connectivity index (χ3v) is 2.45. The van der Waals surface area contributed by atoms with Gasteiger partial charge in [-0.3, -0.25) is 0 Å². The summed E-state index contributed by atoms with van der Waals surface area (Å²) in [7, 11) is 0. The van der Waals surface area contributed by atoms with Gasteiger partial charge in [0.2, 0.25) is 0 Å². The first-order chi connectivity index (χ1) is 8.21. The maximum absolute atomic E-state index is 8.49. The quantitative estimate of drug-likeness (QED) is 0.761. The SMILES string of the molecule is CCN(CC)c1cc(NCCC#N)nc(C)n1. The number of aromatic nitrogens is 2. The molecule has 0 fully saturated rings. The van der Waals surface area contributed by atoms with E-state index in [1.807, 2.05) is 13.0 Å². The first-order valence-electron chi connectivity index (χ1n) is 5.92. The van der Waals surface area contributed by atoms with Crippen LogP contribution in [0.5, 0.6) is 0 Å². The first kappa shape index (κ1) is 13.2. The monoisotopic (exact) mass is 233 g/mol. The minimum absolute atomic E-state index is 0.476. The Kier molecular flexibility index (Phi) is 5.21. The molecule has 0 radical (unpaired) electrons.